The number of rotatable bonds is 3. The molecule has 2 amide bonds. The van der Waals surface area contributed by atoms with Crippen LogP contribution in [0.1, 0.15) is 16.8 Å². The van der Waals surface area contributed by atoms with Gasteiger partial charge in [-0.05, 0) is 61.0 Å². The molecule has 4 nitrogen and oxygen atoms in total. The van der Waals surface area contributed by atoms with Crippen LogP contribution in [0.15, 0.2) is 41.4 Å². The van der Waals surface area contributed by atoms with Crippen molar-refractivity contribution in [3.05, 3.63) is 58.3 Å². The lowest BCUT2D eigenvalue weighted by molar-refractivity contribution is -0.122. The van der Waals surface area contributed by atoms with Crippen LogP contribution in [-0.4, -0.2) is 27.2 Å². The fourth-order valence-electron chi connectivity index (χ4n) is 2.59. The molecule has 3 rings (SSSR count). The predicted octanol–water partition coefficient (Wildman–Crippen LogP) is 3.76. The van der Waals surface area contributed by atoms with Gasteiger partial charge in [0.1, 0.15) is 0 Å². The van der Waals surface area contributed by atoms with Gasteiger partial charge in [0, 0.05) is 17.6 Å². The van der Waals surface area contributed by atoms with Crippen molar-refractivity contribution in [2.24, 2.45) is 0 Å². The number of nitrogens with zero attached hydrogens (tertiary/aromatic N) is 2. The van der Waals surface area contributed by atoms with Crippen LogP contribution in [0.5, 0.6) is 0 Å². The van der Waals surface area contributed by atoms with Gasteiger partial charge in [-0.15, -0.1) is 6.42 Å². The molecule has 1 aromatic heterocycles. The van der Waals surface area contributed by atoms with E-state index in [2.05, 4.69) is 25.8 Å². The van der Waals surface area contributed by atoms with Gasteiger partial charge in [-0.25, -0.2) is 0 Å². The van der Waals surface area contributed by atoms with Gasteiger partial charge in [-0.1, -0.05) is 18.1 Å². The lowest BCUT2D eigenvalue weighted by atomic mass is 10.1. The molecule has 1 aliphatic rings. The number of aryl methyl sites for hydroxylation is 1. The maximum Gasteiger partial charge on any atom is 0.294 e. The van der Waals surface area contributed by atoms with Crippen LogP contribution in [-0.2, 0) is 4.79 Å². The van der Waals surface area contributed by atoms with E-state index in [-0.39, 0.29) is 17.7 Å². The Morgan fingerprint density at radius 3 is 2.75 bits per heavy atom. The van der Waals surface area contributed by atoms with E-state index in [0.717, 1.165) is 28.0 Å². The van der Waals surface area contributed by atoms with E-state index < -0.39 is 0 Å². The summed E-state index contributed by atoms with van der Waals surface area (Å²) in [5.41, 5.74) is 4.26. The molecule has 0 spiro atoms. The number of carbonyl (C=O) groups excluding carboxylic acids is 2. The van der Waals surface area contributed by atoms with Crippen LogP contribution in [0.4, 0.5) is 4.79 Å². The Labute approximate surface area is 145 Å². The highest BCUT2D eigenvalue weighted by atomic mass is 32.2. The van der Waals surface area contributed by atoms with Crippen molar-refractivity contribution in [2.45, 2.75) is 13.8 Å². The average molecular weight is 336 g/mol. The third kappa shape index (κ3) is 2.77. The van der Waals surface area contributed by atoms with Crippen molar-refractivity contribution in [1.82, 2.24) is 9.47 Å². The highest BCUT2D eigenvalue weighted by Gasteiger charge is 2.34. The monoisotopic (exact) mass is 336 g/mol. The fourth-order valence-corrected chi connectivity index (χ4v) is 3.41. The number of amides is 2. The molecule has 0 saturated carbocycles. The third-order valence-electron chi connectivity index (χ3n) is 4.02. The molecular weight excluding hydrogens is 320 g/mol. The average Bonchev–Trinajstić information content (AvgIpc) is 3.11. The minimum Gasteiger partial charge on any atom is -0.317 e. The number of terminal acetylenes is 1. The molecule has 1 aromatic carbocycles. The zero-order valence-corrected chi connectivity index (χ0v) is 14.3. The van der Waals surface area contributed by atoms with Gasteiger partial charge < -0.3 is 4.57 Å². The molecule has 24 heavy (non-hydrogen) atoms. The van der Waals surface area contributed by atoms with Gasteiger partial charge in [-0.3, -0.25) is 14.5 Å². The largest absolute Gasteiger partial charge is 0.317 e. The van der Waals surface area contributed by atoms with Crippen LogP contribution in [0.2, 0.25) is 0 Å². The van der Waals surface area contributed by atoms with E-state index >= 15 is 0 Å². The van der Waals surface area contributed by atoms with Crippen LogP contribution in [0.3, 0.4) is 0 Å². The van der Waals surface area contributed by atoms with E-state index in [1.165, 1.54) is 11.1 Å². The van der Waals surface area contributed by atoms with Crippen molar-refractivity contribution < 1.29 is 9.59 Å². The second-order valence-corrected chi connectivity index (χ2v) is 6.49. The minimum atomic E-state index is -0.336. The first kappa shape index (κ1) is 16.2. The molecule has 2 heterocycles. The molecular formula is C19H16N2O2S. The molecule has 2 aromatic rings. The Balaban J connectivity index is 2.01. The van der Waals surface area contributed by atoms with Crippen molar-refractivity contribution in [2.75, 3.05) is 6.54 Å². The summed E-state index contributed by atoms with van der Waals surface area (Å²) >= 11 is 0.921. The smallest absolute Gasteiger partial charge is 0.294 e. The molecule has 0 aliphatic carbocycles. The van der Waals surface area contributed by atoms with Gasteiger partial charge >= 0.3 is 0 Å². The SMILES string of the molecule is C#CCN1C(=O)SC(=Cc2cccn2-c2cccc(C)c2C)C1=O. The van der Waals surface area contributed by atoms with Crippen molar-refractivity contribution >= 4 is 29.0 Å². The molecule has 0 bridgehead atoms. The van der Waals surface area contributed by atoms with Crippen molar-refractivity contribution in [1.29, 1.82) is 0 Å². The summed E-state index contributed by atoms with van der Waals surface area (Å²) in [7, 11) is 0. The van der Waals surface area contributed by atoms with Crippen molar-refractivity contribution in [3.63, 3.8) is 0 Å². The third-order valence-corrected chi connectivity index (χ3v) is 4.93. The predicted molar refractivity (Wildman–Crippen MR) is 96.8 cm³/mol. The summed E-state index contributed by atoms with van der Waals surface area (Å²) in [5, 5.41) is -0.325. The molecule has 120 valence electrons. The quantitative estimate of drug-likeness (QED) is 0.633. The molecule has 0 radical (unpaired) electrons. The summed E-state index contributed by atoms with van der Waals surface area (Å²) in [5.74, 6) is 2.00. The molecule has 1 fully saturated rings. The Morgan fingerprint density at radius 2 is 2.00 bits per heavy atom. The van der Waals surface area contributed by atoms with Gasteiger partial charge in [0.15, 0.2) is 0 Å². The number of carbonyl (C=O) groups is 2. The number of aromatic nitrogens is 1. The normalized spacial score (nSPS) is 16.0. The van der Waals surface area contributed by atoms with E-state index in [4.69, 9.17) is 6.42 Å². The maximum absolute atomic E-state index is 12.3. The van der Waals surface area contributed by atoms with E-state index in [9.17, 15) is 9.59 Å². The number of hydrogen-bond donors (Lipinski definition) is 0. The molecule has 0 unspecified atom stereocenters. The summed E-state index contributed by atoms with van der Waals surface area (Å²) in [6.45, 7) is 4.13. The number of hydrogen-bond acceptors (Lipinski definition) is 3. The van der Waals surface area contributed by atoms with E-state index in [1.54, 1.807) is 6.08 Å². The second kappa shape index (κ2) is 6.42. The molecule has 5 heteroatoms. The zero-order valence-electron chi connectivity index (χ0n) is 13.4. The first-order valence-corrected chi connectivity index (χ1v) is 8.27. The molecule has 1 aliphatic heterocycles. The summed E-state index contributed by atoms with van der Waals surface area (Å²) in [6.07, 6.45) is 8.90. The van der Waals surface area contributed by atoms with Gasteiger partial charge in [0.05, 0.1) is 11.4 Å². The number of thioether (sulfide) groups is 1. The first-order valence-electron chi connectivity index (χ1n) is 7.45. The highest BCUT2D eigenvalue weighted by Crippen LogP contribution is 2.32. The lowest BCUT2D eigenvalue weighted by Gasteiger charge is -2.12. The molecule has 1 saturated heterocycles. The summed E-state index contributed by atoms with van der Waals surface area (Å²) in [6, 6.07) is 9.93. The fraction of sp³-hybridized carbons (Fsp3) is 0.158. The van der Waals surface area contributed by atoms with Crippen molar-refractivity contribution in [3.8, 4) is 18.0 Å². The zero-order chi connectivity index (χ0) is 17.3. The summed E-state index contributed by atoms with van der Waals surface area (Å²) < 4.78 is 2.01. The maximum atomic E-state index is 12.3. The topological polar surface area (TPSA) is 42.3 Å². The van der Waals surface area contributed by atoms with Gasteiger partial charge in [0.2, 0.25) is 0 Å². The van der Waals surface area contributed by atoms with Gasteiger partial charge in [0.25, 0.3) is 11.1 Å². The Bertz CT molecular complexity index is 902. The van der Waals surface area contributed by atoms with Crippen LogP contribution in [0.25, 0.3) is 11.8 Å². The molecule has 0 atom stereocenters. The van der Waals surface area contributed by atoms with E-state index in [1.807, 2.05) is 35.0 Å². The van der Waals surface area contributed by atoms with Crippen LogP contribution in [0, 0.1) is 26.2 Å². The number of benzene rings is 1. The Kier molecular flexibility index (Phi) is 4.32. The van der Waals surface area contributed by atoms with E-state index in [0.29, 0.717) is 4.91 Å². The van der Waals surface area contributed by atoms with Crippen LogP contribution >= 0.6 is 11.8 Å². The van der Waals surface area contributed by atoms with Crippen LogP contribution < -0.4 is 0 Å². The summed E-state index contributed by atoms with van der Waals surface area (Å²) in [4.78, 5) is 25.7. The number of imide groups is 1. The van der Waals surface area contributed by atoms with Gasteiger partial charge in [-0.2, -0.15) is 0 Å². The Hall–Kier alpha value is -2.71. The minimum absolute atomic E-state index is 0.00000664. The second-order valence-electron chi connectivity index (χ2n) is 5.49. The highest BCUT2D eigenvalue weighted by molar-refractivity contribution is 8.18. The lowest BCUT2D eigenvalue weighted by Crippen LogP contribution is -2.28. The standard InChI is InChI=1S/C19H16N2O2S/c1-4-10-21-18(22)17(24-19(21)23)12-15-8-6-11-20(15)16-9-5-7-13(2)14(16)3/h1,5-9,11-12H,10H2,2-3H3. The Morgan fingerprint density at radius 1 is 1.21 bits per heavy atom. The molecule has 0 N–H and O–H groups in total. The first-order chi connectivity index (χ1) is 11.5.